The Kier molecular flexibility index (Phi) is 5.49. The van der Waals surface area contributed by atoms with Crippen molar-refractivity contribution in [2.75, 3.05) is 11.9 Å². The first-order valence-electron chi connectivity index (χ1n) is 8.33. The van der Waals surface area contributed by atoms with Crippen LogP contribution in [0.5, 0.6) is 5.75 Å². The van der Waals surface area contributed by atoms with Gasteiger partial charge in [-0.2, -0.15) is 0 Å². The maximum Gasteiger partial charge on any atom is 0.269 e. The summed E-state index contributed by atoms with van der Waals surface area (Å²) in [4.78, 5) is 25.6. The van der Waals surface area contributed by atoms with E-state index in [1.165, 1.54) is 18.3 Å². The van der Waals surface area contributed by atoms with Crippen molar-refractivity contribution in [1.29, 1.82) is 0 Å². The molecule has 5 heteroatoms. The molecule has 0 unspecified atom stereocenters. The van der Waals surface area contributed by atoms with Gasteiger partial charge >= 0.3 is 0 Å². The average molecular weight is 365 g/mol. The Balaban J connectivity index is 1.85. The number of carbonyl (C=O) groups excluding carboxylic acids is 2. The topological polar surface area (TPSA) is 55.4 Å². The number of ether oxygens (including phenoxy) is 1. The quantitative estimate of drug-likeness (QED) is 0.606. The van der Waals surface area contributed by atoms with Gasteiger partial charge < -0.3 is 10.1 Å². The summed E-state index contributed by atoms with van der Waals surface area (Å²) in [6.45, 7) is 3.89. The molecule has 3 rings (SSSR count). The zero-order valence-electron chi connectivity index (χ0n) is 14.6. The van der Waals surface area contributed by atoms with Crippen LogP contribution in [-0.2, 0) is 0 Å². The molecule has 26 heavy (non-hydrogen) atoms. The van der Waals surface area contributed by atoms with E-state index in [0.29, 0.717) is 28.5 Å². The van der Waals surface area contributed by atoms with Crippen molar-refractivity contribution < 1.29 is 14.3 Å². The Morgan fingerprint density at radius 3 is 2.35 bits per heavy atom. The number of hydrogen-bond donors (Lipinski definition) is 1. The van der Waals surface area contributed by atoms with Crippen molar-refractivity contribution in [2.24, 2.45) is 0 Å². The molecule has 0 bridgehead atoms. The van der Waals surface area contributed by atoms with Crippen LogP contribution in [0.2, 0.25) is 0 Å². The molecule has 4 nitrogen and oxygen atoms in total. The van der Waals surface area contributed by atoms with Crippen LogP contribution in [0, 0.1) is 0 Å². The fourth-order valence-electron chi connectivity index (χ4n) is 2.52. The molecule has 0 saturated carbocycles. The Bertz CT molecular complexity index is 914. The Morgan fingerprint density at radius 2 is 1.73 bits per heavy atom. The number of ketones is 1. The van der Waals surface area contributed by atoms with Crippen LogP contribution in [0.3, 0.4) is 0 Å². The van der Waals surface area contributed by atoms with Crippen LogP contribution in [0.15, 0.2) is 60.7 Å². The summed E-state index contributed by atoms with van der Waals surface area (Å²) in [7, 11) is 0. The Labute approximate surface area is 156 Å². The van der Waals surface area contributed by atoms with Crippen molar-refractivity contribution in [1.82, 2.24) is 0 Å². The zero-order chi connectivity index (χ0) is 18.5. The molecule has 0 aliphatic carbocycles. The fraction of sp³-hybridized carbons (Fsp3) is 0.143. The Hall–Kier alpha value is -2.92. The third-order valence-electron chi connectivity index (χ3n) is 3.81. The van der Waals surface area contributed by atoms with Gasteiger partial charge in [-0.15, -0.1) is 11.3 Å². The van der Waals surface area contributed by atoms with Crippen LogP contribution >= 0.6 is 11.3 Å². The molecule has 0 radical (unpaired) electrons. The van der Waals surface area contributed by atoms with Crippen molar-refractivity contribution >= 4 is 28.7 Å². The van der Waals surface area contributed by atoms with Gasteiger partial charge in [0.15, 0.2) is 5.78 Å². The summed E-state index contributed by atoms with van der Waals surface area (Å²) in [6.07, 6.45) is 0. The van der Waals surface area contributed by atoms with Crippen LogP contribution in [0.25, 0.3) is 10.4 Å². The first kappa shape index (κ1) is 17.9. The molecule has 0 atom stereocenters. The lowest BCUT2D eigenvalue weighted by atomic mass is 10.1. The SMILES string of the molecule is CCOc1cc(-c2ccccc2)sc1C(=O)Nc1ccc(C(C)=O)cc1. The molecule has 0 fully saturated rings. The fourth-order valence-corrected chi connectivity index (χ4v) is 3.52. The number of benzene rings is 2. The van der Waals surface area contributed by atoms with E-state index in [1.54, 1.807) is 24.3 Å². The predicted molar refractivity (Wildman–Crippen MR) is 105 cm³/mol. The standard InChI is InChI=1S/C21H19NO3S/c1-3-25-18-13-19(16-7-5-4-6-8-16)26-20(18)21(24)22-17-11-9-15(10-12-17)14(2)23/h4-13H,3H2,1-2H3,(H,22,24). The molecular weight excluding hydrogens is 346 g/mol. The first-order valence-corrected chi connectivity index (χ1v) is 9.14. The second-order valence-corrected chi connectivity index (χ2v) is 6.74. The number of Topliss-reactive ketones (excluding diaryl/α,β-unsaturated/α-hetero) is 1. The van der Waals surface area contributed by atoms with Gasteiger partial charge in [-0.3, -0.25) is 9.59 Å². The highest BCUT2D eigenvalue weighted by Crippen LogP contribution is 2.36. The largest absolute Gasteiger partial charge is 0.492 e. The molecule has 0 aliphatic rings. The minimum atomic E-state index is -0.226. The molecule has 0 aliphatic heterocycles. The minimum Gasteiger partial charge on any atom is -0.492 e. The summed E-state index contributed by atoms with van der Waals surface area (Å²) in [5, 5.41) is 2.87. The monoisotopic (exact) mass is 365 g/mol. The lowest BCUT2D eigenvalue weighted by Crippen LogP contribution is -2.11. The Morgan fingerprint density at radius 1 is 1.04 bits per heavy atom. The molecule has 1 amide bonds. The molecule has 3 aromatic rings. The van der Waals surface area contributed by atoms with Gasteiger partial charge in [-0.25, -0.2) is 0 Å². The molecule has 1 N–H and O–H groups in total. The summed E-state index contributed by atoms with van der Waals surface area (Å²) in [5.41, 5.74) is 2.29. The maximum atomic E-state index is 12.7. The molecule has 2 aromatic carbocycles. The van der Waals surface area contributed by atoms with E-state index in [-0.39, 0.29) is 11.7 Å². The smallest absolute Gasteiger partial charge is 0.269 e. The van der Waals surface area contributed by atoms with Crippen molar-refractivity contribution in [3.05, 3.63) is 71.1 Å². The van der Waals surface area contributed by atoms with Crippen molar-refractivity contribution in [3.63, 3.8) is 0 Å². The number of rotatable bonds is 6. The molecule has 0 spiro atoms. The first-order chi connectivity index (χ1) is 12.6. The van der Waals surface area contributed by atoms with E-state index in [0.717, 1.165) is 10.4 Å². The number of carbonyl (C=O) groups is 2. The van der Waals surface area contributed by atoms with Crippen LogP contribution in [0.4, 0.5) is 5.69 Å². The molecule has 1 aromatic heterocycles. The van der Waals surface area contributed by atoms with Gasteiger partial charge in [0.25, 0.3) is 5.91 Å². The maximum absolute atomic E-state index is 12.7. The highest BCUT2D eigenvalue weighted by Gasteiger charge is 2.18. The second kappa shape index (κ2) is 7.97. The molecular formula is C21H19NO3S. The number of anilines is 1. The van der Waals surface area contributed by atoms with Crippen molar-refractivity contribution in [2.45, 2.75) is 13.8 Å². The van der Waals surface area contributed by atoms with E-state index in [9.17, 15) is 9.59 Å². The van der Waals surface area contributed by atoms with Gasteiger partial charge in [0, 0.05) is 16.1 Å². The normalized spacial score (nSPS) is 10.4. The molecule has 1 heterocycles. The third-order valence-corrected chi connectivity index (χ3v) is 4.98. The van der Waals surface area contributed by atoms with E-state index >= 15 is 0 Å². The lowest BCUT2D eigenvalue weighted by Gasteiger charge is -2.07. The number of amides is 1. The summed E-state index contributed by atoms with van der Waals surface area (Å²) < 4.78 is 5.65. The summed E-state index contributed by atoms with van der Waals surface area (Å²) in [5.74, 6) is 0.345. The summed E-state index contributed by atoms with van der Waals surface area (Å²) >= 11 is 1.40. The highest BCUT2D eigenvalue weighted by atomic mass is 32.1. The van der Waals surface area contributed by atoms with Gasteiger partial charge in [-0.05, 0) is 49.7 Å². The average Bonchev–Trinajstić information content (AvgIpc) is 3.07. The summed E-state index contributed by atoms with van der Waals surface area (Å²) in [6, 6.07) is 18.6. The molecule has 132 valence electrons. The van der Waals surface area contributed by atoms with E-state index in [2.05, 4.69) is 5.32 Å². The molecule has 0 saturated heterocycles. The van der Waals surface area contributed by atoms with E-state index in [4.69, 9.17) is 4.74 Å². The van der Waals surface area contributed by atoms with Gasteiger partial charge in [-0.1, -0.05) is 30.3 Å². The predicted octanol–water partition coefficient (Wildman–Crippen LogP) is 5.27. The number of hydrogen-bond acceptors (Lipinski definition) is 4. The minimum absolute atomic E-state index is 0.00716. The van der Waals surface area contributed by atoms with Crippen LogP contribution < -0.4 is 10.1 Å². The zero-order valence-corrected chi connectivity index (χ0v) is 15.4. The van der Waals surface area contributed by atoms with Crippen LogP contribution in [0.1, 0.15) is 33.9 Å². The second-order valence-electron chi connectivity index (χ2n) is 5.69. The van der Waals surface area contributed by atoms with E-state index in [1.807, 2.05) is 43.3 Å². The number of thiophene rings is 1. The van der Waals surface area contributed by atoms with Gasteiger partial charge in [0.2, 0.25) is 0 Å². The van der Waals surface area contributed by atoms with E-state index < -0.39 is 0 Å². The van der Waals surface area contributed by atoms with Crippen LogP contribution in [-0.4, -0.2) is 18.3 Å². The number of nitrogens with one attached hydrogen (secondary N) is 1. The third kappa shape index (κ3) is 4.00. The lowest BCUT2D eigenvalue weighted by molar-refractivity contribution is 0.101. The van der Waals surface area contributed by atoms with Gasteiger partial charge in [0.05, 0.1) is 6.61 Å². The van der Waals surface area contributed by atoms with Crippen molar-refractivity contribution in [3.8, 4) is 16.2 Å². The highest BCUT2D eigenvalue weighted by molar-refractivity contribution is 7.17. The van der Waals surface area contributed by atoms with Gasteiger partial charge in [0.1, 0.15) is 10.6 Å².